The van der Waals surface area contributed by atoms with Gasteiger partial charge in [0, 0.05) is 38.2 Å². The van der Waals surface area contributed by atoms with Crippen molar-refractivity contribution in [1.82, 2.24) is 14.8 Å². The number of carbonyl (C=O) groups is 1. The van der Waals surface area contributed by atoms with Gasteiger partial charge in [-0.15, -0.1) is 11.8 Å². The molecule has 0 spiro atoms. The van der Waals surface area contributed by atoms with Crippen LogP contribution in [0.5, 0.6) is 0 Å². The quantitative estimate of drug-likeness (QED) is 0.241. The molecule has 1 saturated heterocycles. The molecule has 8 nitrogen and oxygen atoms in total. The smallest absolute Gasteiger partial charge is 0.255 e. The minimum absolute atomic E-state index is 0.0332. The largest absolute Gasteiger partial charge is 0.382 e. The minimum Gasteiger partial charge on any atom is -0.382 e. The van der Waals surface area contributed by atoms with Crippen molar-refractivity contribution in [2.45, 2.75) is 35.9 Å². The highest BCUT2D eigenvalue weighted by Gasteiger charge is 2.41. The zero-order valence-corrected chi connectivity index (χ0v) is 24.3. The van der Waals surface area contributed by atoms with E-state index in [4.69, 9.17) is 9.47 Å². The van der Waals surface area contributed by atoms with Gasteiger partial charge in [-0.1, -0.05) is 41.1 Å². The number of rotatable bonds is 9. The summed E-state index contributed by atoms with van der Waals surface area (Å²) in [5.41, 5.74) is 0.190. The summed E-state index contributed by atoms with van der Waals surface area (Å²) < 4.78 is 42.7. The lowest BCUT2D eigenvalue weighted by Gasteiger charge is -2.37. The Morgan fingerprint density at radius 2 is 1.85 bits per heavy atom. The van der Waals surface area contributed by atoms with Crippen LogP contribution in [0, 0.1) is 11.6 Å². The van der Waals surface area contributed by atoms with Gasteiger partial charge in [0.25, 0.3) is 5.91 Å². The summed E-state index contributed by atoms with van der Waals surface area (Å²) in [5, 5.41) is 17.9. The molecule has 5 rings (SSSR count). The number of carbonyl (C=O) groups excluding carboxylic acids is 1. The first-order valence-corrected chi connectivity index (χ1v) is 14.5. The Labute approximate surface area is 248 Å². The zero-order valence-electron chi connectivity index (χ0n) is 21.9. The fraction of sp³-hybridized carbons (Fsp3) is 0.276. The highest BCUT2D eigenvalue weighted by atomic mass is 79.9. The van der Waals surface area contributed by atoms with E-state index in [1.807, 2.05) is 12.1 Å². The molecular weight excluding hydrogens is 618 g/mol. The molecule has 3 aromatic carbocycles. The molecule has 1 aromatic heterocycles. The van der Waals surface area contributed by atoms with Gasteiger partial charge >= 0.3 is 0 Å². The van der Waals surface area contributed by atoms with E-state index in [2.05, 4.69) is 31.3 Å². The van der Waals surface area contributed by atoms with Crippen LogP contribution in [0.2, 0.25) is 0 Å². The Morgan fingerprint density at radius 3 is 2.49 bits per heavy atom. The predicted molar refractivity (Wildman–Crippen MR) is 154 cm³/mol. The van der Waals surface area contributed by atoms with Crippen molar-refractivity contribution >= 4 is 39.3 Å². The lowest BCUT2D eigenvalue weighted by Crippen LogP contribution is -2.43. The van der Waals surface area contributed by atoms with Crippen LogP contribution in [0.4, 0.5) is 14.5 Å². The first-order chi connectivity index (χ1) is 19.7. The van der Waals surface area contributed by atoms with Gasteiger partial charge < -0.3 is 19.9 Å². The van der Waals surface area contributed by atoms with Crippen molar-refractivity contribution in [1.29, 1.82) is 0 Å². The zero-order chi connectivity index (χ0) is 29.0. The normalized spacial score (nSPS) is 19.3. The molecule has 0 bridgehead atoms. The lowest BCUT2D eigenvalue weighted by atomic mass is 9.90. The van der Waals surface area contributed by atoms with E-state index >= 15 is 0 Å². The Balaban J connectivity index is 1.20. The lowest BCUT2D eigenvalue weighted by molar-refractivity contribution is -0.180. The van der Waals surface area contributed by atoms with Gasteiger partial charge in [0.05, 0.1) is 25.0 Å². The molecule has 1 fully saturated rings. The number of thioether (sulfide) groups is 1. The molecule has 12 heteroatoms. The standard InChI is InChI=1S/C29H27BrF2N4O4S/c1-18(29(38,15-36-17-33-16-34-36)25-11-8-22(31)12-26(25)32)41-24-13-39-28(40-14-24)20-4-2-19(3-5-20)27(37)35-23-9-6-21(30)7-10-23/h2-12,16-18,24,28,38H,13-15H2,1H3,(H,35,37). The van der Waals surface area contributed by atoms with Gasteiger partial charge in [-0.25, -0.2) is 18.4 Å². The number of anilines is 1. The number of nitrogens with one attached hydrogen (secondary N) is 1. The molecule has 2 heterocycles. The number of nitrogens with zero attached hydrogens (tertiary/aromatic N) is 3. The average Bonchev–Trinajstić information content (AvgIpc) is 3.47. The highest BCUT2D eigenvalue weighted by Crippen LogP contribution is 2.39. The van der Waals surface area contributed by atoms with Crippen molar-refractivity contribution in [3.63, 3.8) is 0 Å². The molecule has 0 radical (unpaired) electrons. The van der Waals surface area contributed by atoms with Gasteiger partial charge in [0.2, 0.25) is 0 Å². The van der Waals surface area contributed by atoms with Gasteiger partial charge in [-0.2, -0.15) is 5.10 Å². The van der Waals surface area contributed by atoms with Crippen LogP contribution >= 0.6 is 27.7 Å². The van der Waals surface area contributed by atoms with E-state index < -0.39 is 28.8 Å². The van der Waals surface area contributed by atoms with Gasteiger partial charge in [-0.05, 0) is 42.5 Å². The molecule has 4 aromatic rings. The number of hydrogen-bond acceptors (Lipinski definition) is 7. The van der Waals surface area contributed by atoms with Crippen molar-refractivity contribution in [2.24, 2.45) is 0 Å². The second-order valence-electron chi connectivity index (χ2n) is 9.62. The first-order valence-electron chi connectivity index (χ1n) is 12.8. The van der Waals surface area contributed by atoms with Crippen molar-refractivity contribution in [2.75, 3.05) is 18.5 Å². The van der Waals surface area contributed by atoms with Crippen LogP contribution < -0.4 is 5.32 Å². The molecule has 41 heavy (non-hydrogen) atoms. The molecule has 214 valence electrons. The van der Waals surface area contributed by atoms with Crippen molar-refractivity contribution in [3.8, 4) is 0 Å². The van der Waals surface area contributed by atoms with E-state index in [-0.39, 0.29) is 23.3 Å². The van der Waals surface area contributed by atoms with Crippen LogP contribution in [-0.2, 0) is 21.6 Å². The summed E-state index contributed by atoms with van der Waals surface area (Å²) in [6.45, 7) is 2.32. The van der Waals surface area contributed by atoms with E-state index in [0.29, 0.717) is 24.5 Å². The van der Waals surface area contributed by atoms with Crippen LogP contribution in [0.15, 0.2) is 83.9 Å². The third-order valence-electron chi connectivity index (χ3n) is 6.75. The van der Waals surface area contributed by atoms with Crippen LogP contribution in [0.25, 0.3) is 0 Å². The fourth-order valence-electron chi connectivity index (χ4n) is 4.52. The maximum absolute atomic E-state index is 14.8. The van der Waals surface area contributed by atoms with Crippen molar-refractivity contribution < 1.29 is 28.2 Å². The Bertz CT molecular complexity index is 1470. The molecule has 1 aliphatic rings. The third-order valence-corrected chi connectivity index (χ3v) is 8.73. The maximum Gasteiger partial charge on any atom is 0.255 e. The van der Waals surface area contributed by atoms with Crippen LogP contribution in [0.3, 0.4) is 0 Å². The number of benzene rings is 3. The molecule has 2 unspecified atom stereocenters. The third kappa shape index (κ3) is 7.02. The van der Waals surface area contributed by atoms with Gasteiger partial charge in [0.15, 0.2) is 6.29 Å². The van der Waals surface area contributed by atoms with E-state index in [9.17, 15) is 18.7 Å². The maximum atomic E-state index is 14.8. The number of ether oxygens (including phenoxy) is 2. The van der Waals surface area contributed by atoms with E-state index in [0.717, 1.165) is 22.2 Å². The molecule has 0 saturated carbocycles. The minimum atomic E-state index is -1.72. The molecule has 1 aliphatic heterocycles. The second-order valence-corrected chi connectivity index (χ2v) is 12.2. The van der Waals surface area contributed by atoms with E-state index in [1.54, 1.807) is 43.3 Å². The van der Waals surface area contributed by atoms with Crippen LogP contribution in [0.1, 0.15) is 34.7 Å². The Kier molecular flexibility index (Phi) is 9.15. The Morgan fingerprint density at radius 1 is 1.15 bits per heavy atom. The molecule has 2 N–H and O–H groups in total. The van der Waals surface area contributed by atoms with Gasteiger partial charge in [0.1, 0.15) is 29.9 Å². The van der Waals surface area contributed by atoms with Crippen LogP contribution in [-0.4, -0.2) is 49.5 Å². The summed E-state index contributed by atoms with van der Waals surface area (Å²) >= 11 is 4.76. The summed E-state index contributed by atoms with van der Waals surface area (Å²) in [7, 11) is 0. The summed E-state index contributed by atoms with van der Waals surface area (Å²) in [4.78, 5) is 16.5. The summed E-state index contributed by atoms with van der Waals surface area (Å²) in [6.07, 6.45) is 2.13. The summed E-state index contributed by atoms with van der Waals surface area (Å²) in [6, 6.07) is 17.4. The van der Waals surface area contributed by atoms with Crippen molar-refractivity contribution in [3.05, 3.63) is 112 Å². The molecule has 2 atom stereocenters. The highest BCUT2D eigenvalue weighted by molar-refractivity contribution is 9.10. The number of halogens is 3. The number of hydrogen-bond donors (Lipinski definition) is 2. The number of amides is 1. The molecular formula is C29H27BrF2N4O4S. The monoisotopic (exact) mass is 644 g/mol. The average molecular weight is 646 g/mol. The fourth-order valence-corrected chi connectivity index (χ4v) is 6.10. The topological polar surface area (TPSA) is 98.5 Å². The molecule has 1 amide bonds. The Hall–Kier alpha value is -3.16. The van der Waals surface area contributed by atoms with Gasteiger partial charge in [-0.3, -0.25) is 4.79 Å². The first kappa shape index (κ1) is 29.3. The number of aliphatic hydroxyl groups is 1. The van der Waals surface area contributed by atoms with E-state index in [1.165, 1.54) is 35.2 Å². The molecule has 0 aliphatic carbocycles. The second kappa shape index (κ2) is 12.8. The summed E-state index contributed by atoms with van der Waals surface area (Å²) in [5.74, 6) is -1.80. The number of aromatic nitrogens is 3. The SMILES string of the molecule is CC(SC1COC(c2ccc(C(=O)Nc3ccc(Br)cc3)cc2)OC1)C(O)(Cn1cncn1)c1ccc(F)cc1F. The predicted octanol–water partition coefficient (Wildman–Crippen LogP) is 5.69.